The summed E-state index contributed by atoms with van der Waals surface area (Å²) in [4.78, 5) is 16.9. The van der Waals surface area contributed by atoms with Gasteiger partial charge in [0.2, 0.25) is 0 Å². The van der Waals surface area contributed by atoms with Crippen LogP contribution in [0.2, 0.25) is 0 Å². The monoisotopic (exact) mass is 328 g/mol. The molecule has 0 aliphatic carbocycles. The number of hydrogen-bond acceptors (Lipinski definition) is 4. The van der Waals surface area contributed by atoms with Crippen LogP contribution in [0.5, 0.6) is 0 Å². The van der Waals surface area contributed by atoms with Crippen LogP contribution in [0.1, 0.15) is 31.9 Å². The normalized spacial score (nSPS) is 17.0. The van der Waals surface area contributed by atoms with Crippen molar-refractivity contribution in [2.75, 3.05) is 32.7 Å². The highest BCUT2D eigenvalue weighted by Crippen LogP contribution is 2.21. The van der Waals surface area contributed by atoms with E-state index in [-0.39, 0.29) is 5.63 Å². The molecule has 0 spiro atoms. The van der Waals surface area contributed by atoms with Crippen LogP contribution in [0.3, 0.4) is 0 Å². The Morgan fingerprint density at radius 3 is 2.46 bits per heavy atom. The fraction of sp³-hybridized carbons (Fsp3) is 0.550. The van der Waals surface area contributed by atoms with Gasteiger partial charge >= 0.3 is 5.63 Å². The Hall–Kier alpha value is -1.65. The Morgan fingerprint density at radius 1 is 1.08 bits per heavy atom. The average Bonchev–Trinajstić information content (AvgIpc) is 2.55. The first-order chi connectivity index (χ1) is 11.5. The van der Waals surface area contributed by atoms with Crippen LogP contribution in [-0.4, -0.2) is 42.5 Å². The molecule has 0 saturated carbocycles. The number of hydrogen-bond donors (Lipinski definition) is 0. The van der Waals surface area contributed by atoms with Gasteiger partial charge in [0.05, 0.1) is 0 Å². The minimum absolute atomic E-state index is 0.246. The summed E-state index contributed by atoms with van der Waals surface area (Å²) in [5.41, 5.74) is 2.76. The molecular weight excluding hydrogens is 300 g/mol. The van der Waals surface area contributed by atoms with Gasteiger partial charge in [0.1, 0.15) is 5.58 Å². The molecular formula is C20H28N2O2. The predicted molar refractivity (Wildman–Crippen MR) is 98.4 cm³/mol. The second-order valence-corrected chi connectivity index (χ2v) is 7.25. The maximum atomic E-state index is 11.9. The van der Waals surface area contributed by atoms with Crippen molar-refractivity contribution in [2.24, 2.45) is 5.92 Å². The van der Waals surface area contributed by atoms with Crippen LogP contribution < -0.4 is 5.63 Å². The molecule has 0 amide bonds. The SMILES string of the molecule is CCc1ccc2c(CN3CCN(CC(C)C)CC3)cc(=O)oc2c1. The van der Waals surface area contributed by atoms with Gasteiger partial charge in [-0.05, 0) is 29.5 Å². The molecule has 1 fully saturated rings. The van der Waals surface area contributed by atoms with Gasteiger partial charge in [0.25, 0.3) is 0 Å². The fourth-order valence-corrected chi connectivity index (χ4v) is 3.51. The summed E-state index contributed by atoms with van der Waals surface area (Å²) < 4.78 is 5.41. The van der Waals surface area contributed by atoms with Crippen molar-refractivity contribution in [3.8, 4) is 0 Å². The second kappa shape index (κ2) is 7.49. The first-order valence-corrected chi connectivity index (χ1v) is 9.05. The van der Waals surface area contributed by atoms with E-state index in [1.165, 1.54) is 12.1 Å². The summed E-state index contributed by atoms with van der Waals surface area (Å²) in [5, 5.41) is 1.07. The van der Waals surface area contributed by atoms with E-state index in [0.29, 0.717) is 5.92 Å². The minimum atomic E-state index is -0.246. The van der Waals surface area contributed by atoms with E-state index in [4.69, 9.17) is 4.42 Å². The number of benzene rings is 1. The summed E-state index contributed by atoms with van der Waals surface area (Å²) in [6, 6.07) is 7.89. The third kappa shape index (κ3) is 4.05. The number of aryl methyl sites for hydroxylation is 1. The highest BCUT2D eigenvalue weighted by molar-refractivity contribution is 5.80. The first kappa shape index (κ1) is 17.2. The number of piperazine rings is 1. The molecule has 1 aliphatic rings. The standard InChI is InChI=1S/C20H28N2O2/c1-4-16-5-6-18-17(12-20(23)24-19(18)11-16)14-22-9-7-21(8-10-22)13-15(2)3/h5-6,11-12,15H,4,7-10,13-14H2,1-3H3. The molecule has 3 rings (SSSR count). The van der Waals surface area contributed by atoms with Crippen LogP contribution in [0.15, 0.2) is 33.5 Å². The highest BCUT2D eigenvalue weighted by Gasteiger charge is 2.18. The lowest BCUT2D eigenvalue weighted by molar-refractivity contribution is 0.117. The topological polar surface area (TPSA) is 36.7 Å². The molecule has 0 unspecified atom stereocenters. The van der Waals surface area contributed by atoms with Gasteiger partial charge in [-0.3, -0.25) is 4.90 Å². The van der Waals surface area contributed by atoms with Gasteiger partial charge in [-0.2, -0.15) is 0 Å². The second-order valence-electron chi connectivity index (χ2n) is 7.25. The van der Waals surface area contributed by atoms with E-state index < -0.39 is 0 Å². The van der Waals surface area contributed by atoms with E-state index in [2.05, 4.69) is 42.7 Å². The zero-order valence-electron chi connectivity index (χ0n) is 15.0. The van der Waals surface area contributed by atoms with Gasteiger partial charge in [0, 0.05) is 50.7 Å². The Morgan fingerprint density at radius 2 is 1.79 bits per heavy atom. The van der Waals surface area contributed by atoms with E-state index in [9.17, 15) is 4.79 Å². The minimum Gasteiger partial charge on any atom is -0.423 e. The summed E-state index contributed by atoms with van der Waals surface area (Å²) in [6.07, 6.45) is 0.946. The molecule has 0 bridgehead atoms. The molecule has 1 saturated heterocycles. The average molecular weight is 328 g/mol. The molecule has 24 heavy (non-hydrogen) atoms. The lowest BCUT2D eigenvalue weighted by Crippen LogP contribution is -2.46. The van der Waals surface area contributed by atoms with Crippen molar-refractivity contribution in [1.29, 1.82) is 0 Å². The molecule has 0 N–H and O–H groups in total. The quantitative estimate of drug-likeness (QED) is 0.790. The lowest BCUT2D eigenvalue weighted by Gasteiger charge is -2.35. The van der Waals surface area contributed by atoms with Crippen molar-refractivity contribution in [3.63, 3.8) is 0 Å². The summed E-state index contributed by atoms with van der Waals surface area (Å²) in [5.74, 6) is 0.715. The molecule has 4 heteroatoms. The Bertz CT molecular complexity index is 743. The van der Waals surface area contributed by atoms with Crippen LogP contribution in [-0.2, 0) is 13.0 Å². The number of nitrogens with zero attached hydrogens (tertiary/aromatic N) is 2. The molecule has 1 aromatic heterocycles. The number of rotatable bonds is 5. The van der Waals surface area contributed by atoms with Crippen LogP contribution in [0.25, 0.3) is 11.0 Å². The third-order valence-corrected chi connectivity index (χ3v) is 4.79. The Labute approximate surface area is 144 Å². The highest BCUT2D eigenvalue weighted by atomic mass is 16.4. The fourth-order valence-electron chi connectivity index (χ4n) is 3.51. The van der Waals surface area contributed by atoms with Crippen LogP contribution in [0.4, 0.5) is 0 Å². The zero-order chi connectivity index (χ0) is 17.1. The van der Waals surface area contributed by atoms with E-state index in [1.807, 2.05) is 6.07 Å². The Kier molecular flexibility index (Phi) is 5.36. The van der Waals surface area contributed by atoms with Crippen molar-refractivity contribution in [2.45, 2.75) is 33.7 Å². The first-order valence-electron chi connectivity index (χ1n) is 9.05. The molecule has 1 aromatic carbocycles. The van der Waals surface area contributed by atoms with Gasteiger partial charge in [-0.15, -0.1) is 0 Å². The predicted octanol–water partition coefficient (Wildman–Crippen LogP) is 3.13. The maximum Gasteiger partial charge on any atom is 0.336 e. The van der Waals surface area contributed by atoms with E-state index in [1.54, 1.807) is 6.07 Å². The molecule has 0 radical (unpaired) electrons. The van der Waals surface area contributed by atoms with Gasteiger partial charge in [-0.1, -0.05) is 32.9 Å². The van der Waals surface area contributed by atoms with Crippen LogP contribution >= 0.6 is 0 Å². The molecule has 130 valence electrons. The number of fused-ring (bicyclic) bond motifs is 1. The smallest absolute Gasteiger partial charge is 0.336 e. The zero-order valence-corrected chi connectivity index (χ0v) is 15.0. The van der Waals surface area contributed by atoms with E-state index >= 15 is 0 Å². The third-order valence-electron chi connectivity index (χ3n) is 4.79. The summed E-state index contributed by atoms with van der Waals surface area (Å²) >= 11 is 0. The maximum absolute atomic E-state index is 11.9. The van der Waals surface area contributed by atoms with Gasteiger partial charge in [0.15, 0.2) is 0 Å². The lowest BCUT2D eigenvalue weighted by atomic mass is 10.1. The molecule has 2 heterocycles. The van der Waals surface area contributed by atoms with Crippen LogP contribution in [0, 0.1) is 5.92 Å². The van der Waals surface area contributed by atoms with Crippen molar-refractivity contribution < 1.29 is 4.42 Å². The van der Waals surface area contributed by atoms with Gasteiger partial charge in [-0.25, -0.2) is 4.79 Å². The Balaban J connectivity index is 1.75. The summed E-state index contributed by atoms with van der Waals surface area (Å²) in [7, 11) is 0. The van der Waals surface area contributed by atoms with Gasteiger partial charge < -0.3 is 9.32 Å². The van der Waals surface area contributed by atoms with Crippen molar-refractivity contribution >= 4 is 11.0 Å². The molecule has 4 nitrogen and oxygen atoms in total. The summed E-state index contributed by atoms with van der Waals surface area (Å²) in [6.45, 7) is 13.0. The largest absolute Gasteiger partial charge is 0.423 e. The van der Waals surface area contributed by atoms with E-state index in [0.717, 1.165) is 55.7 Å². The molecule has 1 aliphatic heterocycles. The molecule has 0 atom stereocenters. The molecule has 2 aromatic rings. The van der Waals surface area contributed by atoms with Crippen molar-refractivity contribution in [1.82, 2.24) is 9.80 Å². The van der Waals surface area contributed by atoms with Crippen molar-refractivity contribution in [3.05, 3.63) is 45.8 Å².